The molecule has 0 amide bonds. The molecule has 1 N–H and O–H groups in total. The minimum atomic E-state index is -0.313. The van der Waals surface area contributed by atoms with Crippen LogP contribution in [0.3, 0.4) is 0 Å². The number of benzene rings is 1. The highest BCUT2D eigenvalue weighted by Crippen LogP contribution is 2.30. The summed E-state index contributed by atoms with van der Waals surface area (Å²) in [6.07, 6.45) is 7.37. The monoisotopic (exact) mass is 329 g/mol. The predicted octanol–water partition coefficient (Wildman–Crippen LogP) is 5.07. The maximum Gasteiger partial charge on any atom is 0.142 e. The first-order valence-electron chi connectivity index (χ1n) is 7.98. The Kier molecular flexibility index (Phi) is 7.35. The Bertz CT molecular complexity index is 435. The number of hydrogen-bond donors (Lipinski definition) is 1. The second-order valence-corrected chi connectivity index (χ2v) is 7.52. The third-order valence-corrected chi connectivity index (χ3v) is 5.98. The molecule has 1 saturated carbocycles. The Labute approximate surface area is 137 Å². The third kappa shape index (κ3) is 5.46. The van der Waals surface area contributed by atoms with E-state index in [0.29, 0.717) is 6.04 Å². The standard InChI is InChI=1S/C17H25ClFNS/c1-2-10-20-14(12-21-15-7-3-4-8-15)11-13-6-5-9-16(19)17(13)18/h5-6,9,14-15,20H,2-4,7-8,10-12H2,1H3. The van der Waals surface area contributed by atoms with Gasteiger partial charge in [-0.15, -0.1) is 0 Å². The number of rotatable bonds is 8. The van der Waals surface area contributed by atoms with Crippen molar-refractivity contribution in [3.05, 3.63) is 34.6 Å². The maximum absolute atomic E-state index is 13.6. The molecule has 1 aliphatic carbocycles. The Balaban J connectivity index is 1.92. The van der Waals surface area contributed by atoms with Crippen LogP contribution in [0.25, 0.3) is 0 Å². The summed E-state index contributed by atoms with van der Waals surface area (Å²) in [4.78, 5) is 0. The summed E-state index contributed by atoms with van der Waals surface area (Å²) in [5.74, 6) is 0.768. The van der Waals surface area contributed by atoms with E-state index < -0.39 is 0 Å². The van der Waals surface area contributed by atoms with Gasteiger partial charge in [0.15, 0.2) is 0 Å². The van der Waals surface area contributed by atoms with Crippen LogP contribution in [0.4, 0.5) is 4.39 Å². The topological polar surface area (TPSA) is 12.0 Å². The van der Waals surface area contributed by atoms with Crippen LogP contribution in [-0.2, 0) is 6.42 Å². The number of hydrogen-bond acceptors (Lipinski definition) is 2. The molecule has 118 valence electrons. The van der Waals surface area contributed by atoms with Gasteiger partial charge in [-0.1, -0.05) is 43.5 Å². The van der Waals surface area contributed by atoms with Crippen molar-refractivity contribution in [3.8, 4) is 0 Å². The van der Waals surface area contributed by atoms with E-state index in [1.165, 1.54) is 31.7 Å². The first kappa shape index (κ1) is 17.1. The molecular weight excluding hydrogens is 305 g/mol. The van der Waals surface area contributed by atoms with Crippen molar-refractivity contribution in [2.24, 2.45) is 0 Å². The van der Waals surface area contributed by atoms with Gasteiger partial charge in [-0.05, 0) is 43.9 Å². The average Bonchev–Trinajstić information content (AvgIpc) is 2.99. The second-order valence-electron chi connectivity index (χ2n) is 5.81. The molecule has 1 atom stereocenters. The molecule has 21 heavy (non-hydrogen) atoms. The number of halogens is 2. The summed E-state index contributed by atoms with van der Waals surface area (Å²) in [6.45, 7) is 3.17. The first-order chi connectivity index (χ1) is 10.2. The van der Waals surface area contributed by atoms with E-state index in [4.69, 9.17) is 11.6 Å². The molecule has 1 aromatic rings. The summed E-state index contributed by atoms with van der Waals surface area (Å²) in [7, 11) is 0. The Morgan fingerprint density at radius 1 is 1.38 bits per heavy atom. The molecule has 0 aromatic heterocycles. The van der Waals surface area contributed by atoms with E-state index in [1.807, 2.05) is 6.07 Å². The SMILES string of the molecule is CCCNC(CSC1CCCC1)Cc1cccc(F)c1Cl. The van der Waals surface area contributed by atoms with E-state index in [0.717, 1.165) is 36.0 Å². The lowest BCUT2D eigenvalue weighted by Crippen LogP contribution is -2.34. The molecular formula is C17H25ClFNS. The van der Waals surface area contributed by atoms with Gasteiger partial charge in [-0.2, -0.15) is 11.8 Å². The molecule has 0 heterocycles. The molecule has 1 aromatic carbocycles. The second kappa shape index (κ2) is 9.02. The smallest absolute Gasteiger partial charge is 0.142 e. The maximum atomic E-state index is 13.6. The van der Waals surface area contributed by atoms with Gasteiger partial charge < -0.3 is 5.32 Å². The van der Waals surface area contributed by atoms with Crippen molar-refractivity contribution < 1.29 is 4.39 Å². The lowest BCUT2D eigenvalue weighted by atomic mass is 10.1. The highest BCUT2D eigenvalue weighted by atomic mass is 35.5. The minimum absolute atomic E-state index is 0.284. The van der Waals surface area contributed by atoms with Gasteiger partial charge in [0.25, 0.3) is 0 Å². The van der Waals surface area contributed by atoms with E-state index in [1.54, 1.807) is 6.07 Å². The van der Waals surface area contributed by atoms with Crippen LogP contribution in [0, 0.1) is 5.82 Å². The highest BCUT2D eigenvalue weighted by Gasteiger charge is 2.19. The number of nitrogens with one attached hydrogen (secondary N) is 1. The zero-order chi connectivity index (χ0) is 15.1. The first-order valence-corrected chi connectivity index (χ1v) is 9.41. The lowest BCUT2D eigenvalue weighted by Gasteiger charge is -2.21. The Morgan fingerprint density at radius 2 is 2.14 bits per heavy atom. The molecule has 0 bridgehead atoms. The summed E-state index contributed by atoms with van der Waals surface area (Å²) < 4.78 is 13.6. The minimum Gasteiger partial charge on any atom is -0.313 e. The van der Waals surface area contributed by atoms with Gasteiger partial charge in [0.1, 0.15) is 5.82 Å². The molecule has 1 nitrogen and oxygen atoms in total. The van der Waals surface area contributed by atoms with Crippen LogP contribution >= 0.6 is 23.4 Å². The van der Waals surface area contributed by atoms with Crippen LogP contribution < -0.4 is 5.32 Å². The lowest BCUT2D eigenvalue weighted by molar-refractivity contribution is 0.547. The highest BCUT2D eigenvalue weighted by molar-refractivity contribution is 7.99. The summed E-state index contributed by atoms with van der Waals surface area (Å²) in [5, 5.41) is 4.69. The van der Waals surface area contributed by atoms with Crippen LogP contribution in [0.2, 0.25) is 5.02 Å². The molecule has 1 aliphatic rings. The van der Waals surface area contributed by atoms with Crippen molar-refractivity contribution in [2.75, 3.05) is 12.3 Å². The normalized spacial score (nSPS) is 17.3. The number of thioether (sulfide) groups is 1. The van der Waals surface area contributed by atoms with Gasteiger partial charge in [-0.25, -0.2) is 4.39 Å². The van der Waals surface area contributed by atoms with Crippen LogP contribution in [-0.4, -0.2) is 23.6 Å². The van der Waals surface area contributed by atoms with Crippen molar-refractivity contribution in [1.29, 1.82) is 0 Å². The average molecular weight is 330 g/mol. The largest absolute Gasteiger partial charge is 0.313 e. The molecule has 1 unspecified atom stereocenters. The zero-order valence-corrected chi connectivity index (χ0v) is 14.3. The third-order valence-electron chi connectivity index (χ3n) is 4.02. The van der Waals surface area contributed by atoms with Gasteiger partial charge in [0.05, 0.1) is 5.02 Å². The Hall–Kier alpha value is -0.250. The van der Waals surface area contributed by atoms with Crippen molar-refractivity contribution in [2.45, 2.75) is 56.7 Å². The summed E-state index contributed by atoms with van der Waals surface area (Å²) >= 11 is 8.16. The van der Waals surface area contributed by atoms with Crippen molar-refractivity contribution in [1.82, 2.24) is 5.32 Å². The van der Waals surface area contributed by atoms with Gasteiger partial charge in [0.2, 0.25) is 0 Å². The zero-order valence-electron chi connectivity index (χ0n) is 12.7. The predicted molar refractivity (Wildman–Crippen MR) is 91.9 cm³/mol. The van der Waals surface area contributed by atoms with Crippen LogP contribution in [0.15, 0.2) is 18.2 Å². The van der Waals surface area contributed by atoms with Crippen molar-refractivity contribution >= 4 is 23.4 Å². The van der Waals surface area contributed by atoms with Crippen LogP contribution in [0.5, 0.6) is 0 Å². The summed E-state index contributed by atoms with van der Waals surface area (Å²) in [5.41, 5.74) is 0.914. The Morgan fingerprint density at radius 3 is 2.86 bits per heavy atom. The van der Waals surface area contributed by atoms with Gasteiger partial charge in [-0.3, -0.25) is 0 Å². The molecule has 1 fully saturated rings. The fraction of sp³-hybridized carbons (Fsp3) is 0.647. The van der Waals surface area contributed by atoms with E-state index in [2.05, 4.69) is 24.0 Å². The molecule has 0 spiro atoms. The van der Waals surface area contributed by atoms with Gasteiger partial charge >= 0.3 is 0 Å². The van der Waals surface area contributed by atoms with Crippen molar-refractivity contribution in [3.63, 3.8) is 0 Å². The fourth-order valence-electron chi connectivity index (χ4n) is 2.82. The molecule has 0 radical (unpaired) electrons. The molecule has 4 heteroatoms. The quantitative estimate of drug-likeness (QED) is 0.715. The molecule has 0 saturated heterocycles. The molecule has 2 rings (SSSR count). The van der Waals surface area contributed by atoms with E-state index in [9.17, 15) is 4.39 Å². The summed E-state index contributed by atoms with van der Waals surface area (Å²) in [6, 6.07) is 5.48. The van der Waals surface area contributed by atoms with E-state index >= 15 is 0 Å². The fourth-order valence-corrected chi connectivity index (χ4v) is 4.43. The van der Waals surface area contributed by atoms with E-state index in [-0.39, 0.29) is 10.8 Å². The van der Waals surface area contributed by atoms with Crippen LogP contribution in [0.1, 0.15) is 44.6 Å². The molecule has 0 aliphatic heterocycles. The van der Waals surface area contributed by atoms with Gasteiger partial charge in [0, 0.05) is 17.0 Å².